The lowest BCUT2D eigenvalue weighted by Gasteiger charge is -2.30. The molecule has 0 aliphatic carbocycles. The lowest BCUT2D eigenvalue weighted by Crippen LogP contribution is -2.40. The van der Waals surface area contributed by atoms with Crippen molar-refractivity contribution >= 4 is 17.4 Å². The van der Waals surface area contributed by atoms with Gasteiger partial charge in [-0.1, -0.05) is 11.6 Å². The van der Waals surface area contributed by atoms with Crippen molar-refractivity contribution in [2.75, 3.05) is 18.0 Å². The quantitative estimate of drug-likeness (QED) is 0.776. The zero-order chi connectivity index (χ0) is 11.7. The molecule has 1 saturated heterocycles. The molecule has 0 radical (unpaired) electrons. The van der Waals surface area contributed by atoms with Crippen LogP contribution in [0.25, 0.3) is 0 Å². The van der Waals surface area contributed by atoms with E-state index < -0.39 is 0 Å². The van der Waals surface area contributed by atoms with Crippen LogP contribution in [-0.4, -0.2) is 33.9 Å². The van der Waals surface area contributed by atoms with Crippen LogP contribution in [-0.2, 0) is 7.05 Å². The highest BCUT2D eigenvalue weighted by Gasteiger charge is 2.21. The van der Waals surface area contributed by atoms with Crippen molar-refractivity contribution in [2.24, 2.45) is 7.05 Å². The molecule has 0 saturated carbocycles. The summed E-state index contributed by atoms with van der Waals surface area (Å²) in [4.78, 5) is 17.8. The Kier molecular flexibility index (Phi) is 3.16. The highest BCUT2D eigenvalue weighted by atomic mass is 35.5. The Hall–Kier alpha value is -1.07. The largest absolute Gasteiger partial charge is 0.393 e. The van der Waals surface area contributed by atoms with E-state index >= 15 is 0 Å². The Balaban J connectivity index is 2.30. The van der Waals surface area contributed by atoms with Crippen molar-refractivity contribution in [3.63, 3.8) is 0 Å². The van der Waals surface area contributed by atoms with Gasteiger partial charge in [0.15, 0.2) is 5.82 Å². The molecule has 88 valence electrons. The molecule has 1 N–H and O–H groups in total. The first-order valence-corrected chi connectivity index (χ1v) is 5.62. The standard InChI is InChI=1S/C10H14ClN3O2/c1-13-6-8(11)12-9(10(13)16)14-4-2-7(15)3-5-14/h6-7,15H,2-5H2,1H3. The van der Waals surface area contributed by atoms with E-state index in [9.17, 15) is 9.90 Å². The summed E-state index contributed by atoms with van der Waals surface area (Å²) < 4.78 is 1.43. The molecule has 1 aliphatic heterocycles. The molecule has 1 aromatic rings. The van der Waals surface area contributed by atoms with E-state index in [2.05, 4.69) is 4.98 Å². The maximum Gasteiger partial charge on any atom is 0.293 e. The van der Waals surface area contributed by atoms with Gasteiger partial charge in [0.2, 0.25) is 0 Å². The number of aliphatic hydroxyl groups is 1. The fraction of sp³-hybridized carbons (Fsp3) is 0.600. The third-order valence-corrected chi connectivity index (χ3v) is 2.97. The van der Waals surface area contributed by atoms with Gasteiger partial charge in [-0.3, -0.25) is 4.79 Å². The van der Waals surface area contributed by atoms with E-state index in [1.54, 1.807) is 7.05 Å². The van der Waals surface area contributed by atoms with Crippen LogP contribution in [0, 0.1) is 0 Å². The normalized spacial score (nSPS) is 17.8. The number of aryl methyl sites for hydroxylation is 1. The van der Waals surface area contributed by atoms with Gasteiger partial charge in [-0.15, -0.1) is 0 Å². The van der Waals surface area contributed by atoms with Crippen LogP contribution in [0.1, 0.15) is 12.8 Å². The molecule has 0 aromatic carbocycles. The van der Waals surface area contributed by atoms with E-state index in [1.165, 1.54) is 10.8 Å². The minimum Gasteiger partial charge on any atom is -0.393 e. The van der Waals surface area contributed by atoms with Crippen LogP contribution in [0.3, 0.4) is 0 Å². The number of piperidine rings is 1. The van der Waals surface area contributed by atoms with Gasteiger partial charge in [0.05, 0.1) is 6.10 Å². The van der Waals surface area contributed by atoms with Gasteiger partial charge in [-0.2, -0.15) is 0 Å². The number of rotatable bonds is 1. The first-order valence-electron chi connectivity index (χ1n) is 5.24. The second-order valence-electron chi connectivity index (χ2n) is 4.02. The number of hydrogen-bond acceptors (Lipinski definition) is 4. The fourth-order valence-electron chi connectivity index (χ4n) is 1.84. The molecule has 0 atom stereocenters. The highest BCUT2D eigenvalue weighted by molar-refractivity contribution is 6.29. The third-order valence-electron chi connectivity index (χ3n) is 2.79. The predicted molar refractivity (Wildman–Crippen MR) is 61.9 cm³/mol. The van der Waals surface area contributed by atoms with Gasteiger partial charge in [0.1, 0.15) is 5.15 Å². The number of halogens is 1. The van der Waals surface area contributed by atoms with Gasteiger partial charge in [-0.25, -0.2) is 4.98 Å². The maximum atomic E-state index is 11.8. The average molecular weight is 244 g/mol. The van der Waals surface area contributed by atoms with E-state index in [1.807, 2.05) is 4.90 Å². The number of nitrogens with zero attached hydrogens (tertiary/aromatic N) is 3. The molecule has 2 rings (SSSR count). The van der Waals surface area contributed by atoms with Crippen molar-refractivity contribution < 1.29 is 5.11 Å². The summed E-state index contributed by atoms with van der Waals surface area (Å²) >= 11 is 5.82. The van der Waals surface area contributed by atoms with E-state index in [0.717, 1.165) is 0 Å². The molecule has 1 aromatic heterocycles. The summed E-state index contributed by atoms with van der Waals surface area (Å²) in [6.07, 6.45) is 2.56. The third kappa shape index (κ3) is 2.20. The average Bonchev–Trinajstić information content (AvgIpc) is 2.25. The predicted octanol–water partition coefficient (Wildman–Crippen LogP) is 0.395. The number of hydrogen-bond donors (Lipinski definition) is 1. The molecule has 16 heavy (non-hydrogen) atoms. The molecular formula is C10H14ClN3O2. The zero-order valence-corrected chi connectivity index (χ0v) is 9.81. The van der Waals surface area contributed by atoms with Gasteiger partial charge in [0.25, 0.3) is 5.56 Å². The van der Waals surface area contributed by atoms with E-state index in [-0.39, 0.29) is 11.7 Å². The summed E-state index contributed by atoms with van der Waals surface area (Å²) in [5.74, 6) is 0.377. The molecule has 2 heterocycles. The van der Waals surface area contributed by atoms with Gasteiger partial charge < -0.3 is 14.6 Å². The lowest BCUT2D eigenvalue weighted by atomic mass is 10.1. The lowest BCUT2D eigenvalue weighted by molar-refractivity contribution is 0.145. The van der Waals surface area contributed by atoms with Gasteiger partial charge >= 0.3 is 0 Å². The Morgan fingerprint density at radius 1 is 1.50 bits per heavy atom. The summed E-state index contributed by atoms with van der Waals surface area (Å²) in [7, 11) is 1.65. The van der Waals surface area contributed by atoms with Crippen LogP contribution in [0.15, 0.2) is 11.0 Å². The van der Waals surface area contributed by atoms with Crippen LogP contribution >= 0.6 is 11.6 Å². The first-order chi connectivity index (χ1) is 7.58. The van der Waals surface area contributed by atoms with Crippen LogP contribution in [0.2, 0.25) is 5.15 Å². The molecule has 1 aliphatic rings. The Labute approximate surface area is 98.3 Å². The summed E-state index contributed by atoms with van der Waals surface area (Å²) in [6.45, 7) is 1.29. The van der Waals surface area contributed by atoms with Crippen LogP contribution in [0.4, 0.5) is 5.82 Å². The second kappa shape index (κ2) is 4.43. The van der Waals surface area contributed by atoms with Crippen molar-refractivity contribution in [2.45, 2.75) is 18.9 Å². The van der Waals surface area contributed by atoms with Crippen molar-refractivity contribution in [3.05, 3.63) is 21.7 Å². The number of aromatic nitrogens is 2. The Morgan fingerprint density at radius 3 is 2.75 bits per heavy atom. The van der Waals surface area contributed by atoms with Crippen molar-refractivity contribution in [1.29, 1.82) is 0 Å². The Morgan fingerprint density at radius 2 is 2.12 bits per heavy atom. The van der Waals surface area contributed by atoms with Crippen molar-refractivity contribution in [1.82, 2.24) is 9.55 Å². The smallest absolute Gasteiger partial charge is 0.293 e. The topological polar surface area (TPSA) is 58.4 Å². The SMILES string of the molecule is Cn1cc(Cl)nc(N2CCC(O)CC2)c1=O. The first kappa shape index (κ1) is 11.4. The molecule has 5 nitrogen and oxygen atoms in total. The summed E-state index contributed by atoms with van der Waals surface area (Å²) in [6, 6.07) is 0. The van der Waals surface area contributed by atoms with Gasteiger partial charge in [-0.05, 0) is 12.8 Å². The minimum atomic E-state index is -0.265. The molecule has 6 heteroatoms. The van der Waals surface area contributed by atoms with Gasteiger partial charge in [0, 0.05) is 26.3 Å². The highest BCUT2D eigenvalue weighted by Crippen LogP contribution is 2.16. The maximum absolute atomic E-state index is 11.8. The molecule has 0 spiro atoms. The molecular weight excluding hydrogens is 230 g/mol. The minimum absolute atomic E-state index is 0.152. The number of aliphatic hydroxyl groups excluding tert-OH is 1. The van der Waals surface area contributed by atoms with Crippen LogP contribution in [0.5, 0.6) is 0 Å². The zero-order valence-electron chi connectivity index (χ0n) is 9.06. The summed E-state index contributed by atoms with van der Waals surface area (Å²) in [5, 5.41) is 9.70. The molecule has 0 bridgehead atoms. The second-order valence-corrected chi connectivity index (χ2v) is 4.41. The summed E-state index contributed by atoms with van der Waals surface area (Å²) in [5.41, 5.74) is -0.152. The molecule has 0 unspecified atom stereocenters. The monoisotopic (exact) mass is 243 g/mol. The van der Waals surface area contributed by atoms with E-state index in [0.29, 0.717) is 36.9 Å². The van der Waals surface area contributed by atoms with Crippen LogP contribution < -0.4 is 10.5 Å². The molecule has 1 fully saturated rings. The van der Waals surface area contributed by atoms with Crippen molar-refractivity contribution in [3.8, 4) is 0 Å². The molecule has 0 amide bonds. The Bertz CT molecular complexity index is 438. The van der Waals surface area contributed by atoms with E-state index in [4.69, 9.17) is 11.6 Å². The number of anilines is 1. The fourth-order valence-corrected chi connectivity index (χ4v) is 2.06.